The summed E-state index contributed by atoms with van der Waals surface area (Å²) in [7, 11) is 0. The molecule has 0 amide bonds. The minimum absolute atomic E-state index is 0.941. The van der Waals surface area contributed by atoms with Crippen LogP contribution in [0.5, 0.6) is 0 Å². The number of nitrogens with zero attached hydrogens (tertiary/aromatic N) is 3. The van der Waals surface area contributed by atoms with E-state index in [-0.39, 0.29) is 0 Å². The maximum Gasteiger partial charge on any atom is 0.145 e. The van der Waals surface area contributed by atoms with Gasteiger partial charge < -0.3 is 4.90 Å². The van der Waals surface area contributed by atoms with Crippen molar-refractivity contribution in [1.29, 1.82) is 0 Å². The van der Waals surface area contributed by atoms with Crippen LogP contribution in [0.25, 0.3) is 50.4 Å². The second-order valence-corrected chi connectivity index (χ2v) is 11.3. The van der Waals surface area contributed by atoms with Crippen molar-refractivity contribution in [2.45, 2.75) is 0 Å². The number of hydrogen-bond donors (Lipinski definition) is 0. The fourth-order valence-electron chi connectivity index (χ4n) is 6.13. The van der Waals surface area contributed by atoms with E-state index in [0.29, 0.717) is 0 Å². The fraction of sp³-hybridized carbons (Fsp3) is 0. The van der Waals surface area contributed by atoms with Crippen LogP contribution in [0.15, 0.2) is 188 Å². The van der Waals surface area contributed by atoms with Gasteiger partial charge in [-0.15, -0.1) is 0 Å². The van der Waals surface area contributed by atoms with E-state index in [1.165, 1.54) is 22.3 Å². The summed E-state index contributed by atoms with van der Waals surface area (Å²) in [6.45, 7) is 0. The van der Waals surface area contributed by atoms with Gasteiger partial charge in [-0.05, 0) is 82.9 Å². The summed E-state index contributed by atoms with van der Waals surface area (Å²) in [6, 6.07) is 66.1. The largest absolute Gasteiger partial charge is 0.311 e. The summed E-state index contributed by atoms with van der Waals surface area (Å²) >= 11 is 0. The third-order valence-corrected chi connectivity index (χ3v) is 8.42. The van der Waals surface area contributed by atoms with Crippen molar-refractivity contribution in [2.75, 3.05) is 4.90 Å². The van der Waals surface area contributed by atoms with Crippen molar-refractivity contribution < 1.29 is 0 Å². The van der Waals surface area contributed by atoms with Crippen molar-refractivity contribution >= 4 is 28.1 Å². The second kappa shape index (κ2) is 12.1. The van der Waals surface area contributed by atoms with Gasteiger partial charge in [-0.2, -0.15) is 0 Å². The Bertz CT molecular complexity index is 2160. The van der Waals surface area contributed by atoms with Gasteiger partial charge in [-0.25, -0.2) is 4.98 Å². The van der Waals surface area contributed by atoms with E-state index >= 15 is 0 Å². The Morgan fingerprint density at radius 1 is 0.348 bits per heavy atom. The topological polar surface area (TPSA) is 21.1 Å². The Kier molecular flexibility index (Phi) is 7.18. The molecular weight excluding hydrogens is 558 g/mol. The van der Waals surface area contributed by atoms with Crippen LogP contribution in [0, 0.1) is 0 Å². The molecule has 0 aliphatic heterocycles. The Balaban J connectivity index is 1.06. The smallest absolute Gasteiger partial charge is 0.145 e. The highest BCUT2D eigenvalue weighted by atomic mass is 15.1. The molecule has 0 atom stereocenters. The first-order valence-electron chi connectivity index (χ1n) is 15.6. The molecule has 0 aliphatic carbocycles. The van der Waals surface area contributed by atoms with E-state index in [4.69, 9.17) is 4.98 Å². The summed E-state index contributed by atoms with van der Waals surface area (Å²) in [5.41, 5.74) is 12.4. The Labute approximate surface area is 269 Å². The molecule has 0 radical (unpaired) electrons. The van der Waals surface area contributed by atoms with Gasteiger partial charge in [0.05, 0.1) is 11.0 Å². The standard InChI is InChI=1S/C43H31N3/c1-4-12-37(13-5-1)45(38-14-6-2-7-15-38)40-30-28-35(29-31-40)33-22-20-32(21-23-33)34-24-26-36(27-25-34)43-44-41-18-10-11-19-42(41)46(43)39-16-8-3-9-17-39/h1-31H. The highest BCUT2D eigenvalue weighted by molar-refractivity contribution is 5.84. The summed E-state index contributed by atoms with van der Waals surface area (Å²) in [5, 5.41) is 0. The van der Waals surface area contributed by atoms with Crippen LogP contribution in [0.4, 0.5) is 17.1 Å². The van der Waals surface area contributed by atoms with Crippen LogP contribution in [0.2, 0.25) is 0 Å². The van der Waals surface area contributed by atoms with Gasteiger partial charge in [-0.3, -0.25) is 4.57 Å². The second-order valence-electron chi connectivity index (χ2n) is 11.3. The number of anilines is 3. The van der Waals surface area contributed by atoms with Crippen LogP contribution in [0.3, 0.4) is 0 Å². The monoisotopic (exact) mass is 589 g/mol. The molecule has 0 fully saturated rings. The third-order valence-electron chi connectivity index (χ3n) is 8.42. The number of benzene rings is 7. The first-order chi connectivity index (χ1) is 22.8. The molecule has 3 nitrogen and oxygen atoms in total. The molecule has 1 aromatic heterocycles. The number of imidazole rings is 1. The van der Waals surface area contributed by atoms with Crippen molar-refractivity contribution in [3.63, 3.8) is 0 Å². The van der Waals surface area contributed by atoms with E-state index in [1.54, 1.807) is 0 Å². The Hall–Kier alpha value is -6.19. The highest BCUT2D eigenvalue weighted by Crippen LogP contribution is 2.36. The number of hydrogen-bond acceptors (Lipinski definition) is 2. The molecule has 46 heavy (non-hydrogen) atoms. The van der Waals surface area contributed by atoms with E-state index in [1.807, 2.05) is 12.1 Å². The summed E-state index contributed by atoms with van der Waals surface area (Å²) in [5.74, 6) is 0.941. The zero-order chi connectivity index (χ0) is 30.7. The lowest BCUT2D eigenvalue weighted by atomic mass is 9.99. The van der Waals surface area contributed by atoms with Gasteiger partial charge >= 0.3 is 0 Å². The fourth-order valence-corrected chi connectivity index (χ4v) is 6.13. The first-order valence-corrected chi connectivity index (χ1v) is 15.6. The van der Waals surface area contributed by atoms with E-state index in [0.717, 1.165) is 45.2 Å². The maximum absolute atomic E-state index is 5.02. The zero-order valence-electron chi connectivity index (χ0n) is 25.2. The maximum atomic E-state index is 5.02. The molecule has 0 unspecified atom stereocenters. The summed E-state index contributed by atoms with van der Waals surface area (Å²) in [4.78, 5) is 7.30. The molecule has 0 saturated heterocycles. The average molecular weight is 590 g/mol. The molecule has 0 bridgehead atoms. The third kappa shape index (κ3) is 5.25. The summed E-state index contributed by atoms with van der Waals surface area (Å²) < 4.78 is 2.24. The molecule has 3 heteroatoms. The first kappa shape index (κ1) is 27.4. The van der Waals surface area contributed by atoms with Crippen LogP contribution in [-0.2, 0) is 0 Å². The highest BCUT2D eigenvalue weighted by Gasteiger charge is 2.15. The number of fused-ring (bicyclic) bond motifs is 1. The van der Waals surface area contributed by atoms with E-state index in [9.17, 15) is 0 Å². The number of para-hydroxylation sites is 5. The van der Waals surface area contributed by atoms with E-state index in [2.05, 4.69) is 185 Å². The minimum atomic E-state index is 0.941. The van der Waals surface area contributed by atoms with Crippen LogP contribution in [0.1, 0.15) is 0 Å². The van der Waals surface area contributed by atoms with Gasteiger partial charge in [0.15, 0.2) is 0 Å². The summed E-state index contributed by atoms with van der Waals surface area (Å²) in [6.07, 6.45) is 0. The predicted octanol–water partition coefficient (Wildman–Crippen LogP) is 11.5. The van der Waals surface area contributed by atoms with Crippen LogP contribution >= 0.6 is 0 Å². The molecule has 0 N–H and O–H groups in total. The molecule has 8 rings (SSSR count). The molecule has 0 spiro atoms. The lowest BCUT2D eigenvalue weighted by molar-refractivity contribution is 1.10. The molecule has 7 aromatic carbocycles. The van der Waals surface area contributed by atoms with Crippen LogP contribution in [-0.4, -0.2) is 9.55 Å². The van der Waals surface area contributed by atoms with Gasteiger partial charge in [-0.1, -0.05) is 127 Å². The average Bonchev–Trinajstić information content (AvgIpc) is 3.53. The van der Waals surface area contributed by atoms with Crippen molar-refractivity contribution in [3.05, 3.63) is 188 Å². The zero-order valence-corrected chi connectivity index (χ0v) is 25.2. The van der Waals surface area contributed by atoms with Crippen molar-refractivity contribution in [1.82, 2.24) is 9.55 Å². The van der Waals surface area contributed by atoms with E-state index < -0.39 is 0 Å². The quantitative estimate of drug-likeness (QED) is 0.184. The van der Waals surface area contributed by atoms with Crippen molar-refractivity contribution in [3.8, 4) is 39.3 Å². The minimum Gasteiger partial charge on any atom is -0.311 e. The van der Waals surface area contributed by atoms with Crippen LogP contribution < -0.4 is 4.90 Å². The molecule has 1 heterocycles. The lowest BCUT2D eigenvalue weighted by Crippen LogP contribution is -2.09. The lowest BCUT2D eigenvalue weighted by Gasteiger charge is -2.25. The molecule has 0 saturated carbocycles. The molecule has 218 valence electrons. The van der Waals surface area contributed by atoms with Gasteiger partial charge in [0.1, 0.15) is 5.82 Å². The molecule has 0 aliphatic rings. The molecule has 8 aromatic rings. The molecular formula is C43H31N3. The Morgan fingerprint density at radius 3 is 1.26 bits per heavy atom. The number of rotatable bonds is 7. The normalized spacial score (nSPS) is 11.0. The van der Waals surface area contributed by atoms with Gasteiger partial charge in [0.2, 0.25) is 0 Å². The predicted molar refractivity (Wildman–Crippen MR) is 192 cm³/mol. The van der Waals surface area contributed by atoms with Crippen molar-refractivity contribution in [2.24, 2.45) is 0 Å². The number of aromatic nitrogens is 2. The van der Waals surface area contributed by atoms with Gasteiger partial charge in [0, 0.05) is 28.3 Å². The SMILES string of the molecule is c1ccc(N(c2ccccc2)c2ccc(-c3ccc(-c4ccc(-c5nc6ccccc6n5-c5ccccc5)cc4)cc3)cc2)cc1. The Morgan fingerprint density at radius 2 is 0.739 bits per heavy atom. The van der Waals surface area contributed by atoms with Gasteiger partial charge in [0.25, 0.3) is 0 Å².